The van der Waals surface area contributed by atoms with E-state index >= 15 is 0 Å². The summed E-state index contributed by atoms with van der Waals surface area (Å²) in [5, 5.41) is 0. The fourth-order valence-corrected chi connectivity index (χ4v) is 1.60. The first kappa shape index (κ1) is 8.97. The molecule has 1 fully saturated rings. The molecular weight excluding hydrogens is 140 g/mol. The Kier molecular flexibility index (Phi) is 3.83. The largest absolute Gasteiger partial charge is 0.347 e. The van der Waals surface area contributed by atoms with Crippen LogP contribution in [-0.4, -0.2) is 12.5 Å². The van der Waals surface area contributed by atoms with Crippen LogP contribution < -0.4 is 11.5 Å². The lowest BCUT2D eigenvalue weighted by Crippen LogP contribution is -2.37. The standard InChI is InChI=1S/C8H18N2O/c9-8(10)11-7-5-3-1-2-4-6-7/h7-8H,1-6,9-10H2. The molecule has 1 rings (SSSR count). The summed E-state index contributed by atoms with van der Waals surface area (Å²) in [6, 6.07) is 0. The first-order valence-corrected chi connectivity index (χ1v) is 4.45. The Morgan fingerprint density at radius 2 is 1.55 bits per heavy atom. The molecule has 0 radical (unpaired) electrons. The highest BCUT2D eigenvalue weighted by molar-refractivity contribution is 4.64. The maximum atomic E-state index is 5.33. The zero-order valence-corrected chi connectivity index (χ0v) is 6.96. The molecule has 0 aliphatic heterocycles. The summed E-state index contributed by atoms with van der Waals surface area (Å²) in [6.45, 7) is 0. The summed E-state index contributed by atoms with van der Waals surface area (Å²) >= 11 is 0. The van der Waals surface area contributed by atoms with Crippen LogP contribution in [0.2, 0.25) is 0 Å². The summed E-state index contributed by atoms with van der Waals surface area (Å²) in [5.41, 5.74) is 10.7. The molecule has 0 amide bonds. The van der Waals surface area contributed by atoms with E-state index in [0.717, 1.165) is 12.8 Å². The molecule has 0 saturated heterocycles. The van der Waals surface area contributed by atoms with Gasteiger partial charge in [0.15, 0.2) is 6.35 Å². The van der Waals surface area contributed by atoms with Crippen molar-refractivity contribution in [1.29, 1.82) is 0 Å². The Balaban J connectivity index is 2.20. The van der Waals surface area contributed by atoms with Gasteiger partial charge in [-0.15, -0.1) is 0 Å². The summed E-state index contributed by atoms with van der Waals surface area (Å²) in [6.07, 6.45) is 7.18. The highest BCUT2D eigenvalue weighted by Crippen LogP contribution is 2.19. The van der Waals surface area contributed by atoms with Gasteiger partial charge in [-0.2, -0.15) is 0 Å². The van der Waals surface area contributed by atoms with E-state index in [-0.39, 0.29) is 0 Å². The van der Waals surface area contributed by atoms with Crippen molar-refractivity contribution in [3.05, 3.63) is 0 Å². The molecule has 0 aromatic heterocycles. The molecule has 0 atom stereocenters. The monoisotopic (exact) mass is 158 g/mol. The van der Waals surface area contributed by atoms with E-state index in [9.17, 15) is 0 Å². The highest BCUT2D eigenvalue weighted by atomic mass is 16.5. The lowest BCUT2D eigenvalue weighted by molar-refractivity contribution is -0.0124. The molecule has 0 unspecified atom stereocenters. The quantitative estimate of drug-likeness (QED) is 0.464. The molecule has 1 aliphatic carbocycles. The van der Waals surface area contributed by atoms with Crippen molar-refractivity contribution in [2.75, 3.05) is 0 Å². The molecule has 3 heteroatoms. The summed E-state index contributed by atoms with van der Waals surface area (Å²) < 4.78 is 5.33. The van der Waals surface area contributed by atoms with Crippen LogP contribution in [0, 0.1) is 0 Å². The number of rotatable bonds is 2. The van der Waals surface area contributed by atoms with Gasteiger partial charge in [-0.05, 0) is 12.8 Å². The SMILES string of the molecule is NC(N)OC1CCCCCC1. The smallest absolute Gasteiger partial charge is 0.158 e. The molecule has 1 saturated carbocycles. The van der Waals surface area contributed by atoms with E-state index in [4.69, 9.17) is 16.2 Å². The van der Waals surface area contributed by atoms with Crippen LogP contribution in [0.1, 0.15) is 38.5 Å². The maximum absolute atomic E-state index is 5.33. The van der Waals surface area contributed by atoms with Gasteiger partial charge < -0.3 is 4.74 Å². The van der Waals surface area contributed by atoms with Gasteiger partial charge in [-0.1, -0.05) is 25.7 Å². The minimum atomic E-state index is -0.585. The van der Waals surface area contributed by atoms with E-state index in [1.807, 2.05) is 0 Å². The second-order valence-corrected chi connectivity index (χ2v) is 3.21. The number of nitrogens with two attached hydrogens (primary N) is 2. The average molecular weight is 158 g/mol. The highest BCUT2D eigenvalue weighted by Gasteiger charge is 2.13. The fourth-order valence-electron chi connectivity index (χ4n) is 1.60. The predicted molar refractivity (Wildman–Crippen MR) is 44.7 cm³/mol. The number of ether oxygens (including phenoxy) is 1. The van der Waals surface area contributed by atoms with Crippen molar-refractivity contribution in [1.82, 2.24) is 0 Å². The van der Waals surface area contributed by atoms with E-state index in [2.05, 4.69) is 0 Å². The Labute approximate surface area is 68.1 Å². The van der Waals surface area contributed by atoms with E-state index in [1.165, 1.54) is 25.7 Å². The van der Waals surface area contributed by atoms with Gasteiger partial charge in [-0.25, -0.2) is 0 Å². The van der Waals surface area contributed by atoms with Crippen LogP contribution in [0.5, 0.6) is 0 Å². The summed E-state index contributed by atoms with van der Waals surface area (Å²) in [4.78, 5) is 0. The minimum absolute atomic E-state index is 0.317. The molecule has 0 aromatic rings. The molecule has 1 aliphatic rings. The average Bonchev–Trinajstić information content (AvgIpc) is 2.14. The lowest BCUT2D eigenvalue weighted by atomic mass is 10.2. The van der Waals surface area contributed by atoms with Gasteiger partial charge in [0.1, 0.15) is 0 Å². The Hall–Kier alpha value is -0.120. The van der Waals surface area contributed by atoms with Gasteiger partial charge in [0.05, 0.1) is 6.10 Å². The van der Waals surface area contributed by atoms with Gasteiger partial charge >= 0.3 is 0 Å². The number of hydrogen-bond donors (Lipinski definition) is 2. The molecule has 0 spiro atoms. The third kappa shape index (κ3) is 3.70. The van der Waals surface area contributed by atoms with Crippen molar-refractivity contribution in [3.63, 3.8) is 0 Å². The van der Waals surface area contributed by atoms with E-state index < -0.39 is 6.35 Å². The van der Waals surface area contributed by atoms with Gasteiger partial charge in [0, 0.05) is 0 Å². The predicted octanol–water partition coefficient (Wildman–Crippen LogP) is 0.927. The first-order chi connectivity index (χ1) is 5.29. The van der Waals surface area contributed by atoms with Crippen molar-refractivity contribution in [3.8, 4) is 0 Å². The maximum Gasteiger partial charge on any atom is 0.158 e. The molecule has 0 heterocycles. The van der Waals surface area contributed by atoms with Crippen LogP contribution >= 0.6 is 0 Å². The third-order valence-corrected chi connectivity index (χ3v) is 2.15. The second-order valence-electron chi connectivity index (χ2n) is 3.21. The zero-order chi connectivity index (χ0) is 8.10. The molecule has 4 N–H and O–H groups in total. The first-order valence-electron chi connectivity index (χ1n) is 4.45. The summed E-state index contributed by atoms with van der Waals surface area (Å²) in [7, 11) is 0. The van der Waals surface area contributed by atoms with Gasteiger partial charge in [0.2, 0.25) is 0 Å². The normalized spacial score (nSPS) is 22.1. The van der Waals surface area contributed by atoms with Crippen molar-refractivity contribution < 1.29 is 4.74 Å². The minimum Gasteiger partial charge on any atom is -0.347 e. The Morgan fingerprint density at radius 3 is 2.00 bits per heavy atom. The molecule has 66 valence electrons. The topological polar surface area (TPSA) is 61.3 Å². The zero-order valence-electron chi connectivity index (χ0n) is 6.96. The van der Waals surface area contributed by atoms with Crippen LogP contribution in [-0.2, 0) is 4.74 Å². The van der Waals surface area contributed by atoms with Crippen molar-refractivity contribution >= 4 is 0 Å². The molecule has 0 aromatic carbocycles. The number of hydrogen-bond acceptors (Lipinski definition) is 3. The Morgan fingerprint density at radius 1 is 1.00 bits per heavy atom. The van der Waals surface area contributed by atoms with Crippen LogP contribution in [0.3, 0.4) is 0 Å². The summed E-state index contributed by atoms with van der Waals surface area (Å²) in [5.74, 6) is 0. The molecule has 3 nitrogen and oxygen atoms in total. The van der Waals surface area contributed by atoms with Gasteiger partial charge in [-0.3, -0.25) is 11.5 Å². The fraction of sp³-hybridized carbons (Fsp3) is 1.00. The lowest BCUT2D eigenvalue weighted by Gasteiger charge is -2.17. The van der Waals surface area contributed by atoms with Crippen molar-refractivity contribution in [2.45, 2.75) is 51.0 Å². The van der Waals surface area contributed by atoms with Crippen LogP contribution in [0.15, 0.2) is 0 Å². The van der Waals surface area contributed by atoms with Gasteiger partial charge in [0.25, 0.3) is 0 Å². The van der Waals surface area contributed by atoms with Crippen molar-refractivity contribution in [2.24, 2.45) is 11.5 Å². The third-order valence-electron chi connectivity index (χ3n) is 2.15. The van der Waals surface area contributed by atoms with E-state index in [1.54, 1.807) is 0 Å². The van der Waals surface area contributed by atoms with Crippen LogP contribution in [0.4, 0.5) is 0 Å². The Bertz CT molecular complexity index is 98.3. The van der Waals surface area contributed by atoms with Crippen LogP contribution in [0.25, 0.3) is 0 Å². The molecule has 11 heavy (non-hydrogen) atoms. The second kappa shape index (κ2) is 4.70. The molecule has 0 bridgehead atoms. The molecular formula is C8H18N2O. The van der Waals surface area contributed by atoms with E-state index in [0.29, 0.717) is 6.10 Å².